The van der Waals surface area contributed by atoms with Crippen molar-refractivity contribution in [3.05, 3.63) is 28.8 Å². The highest BCUT2D eigenvalue weighted by molar-refractivity contribution is 6.33. The second-order valence-corrected chi connectivity index (χ2v) is 4.02. The van der Waals surface area contributed by atoms with Crippen molar-refractivity contribution in [2.75, 3.05) is 18.9 Å². The van der Waals surface area contributed by atoms with E-state index in [-0.39, 0.29) is 6.10 Å². The van der Waals surface area contributed by atoms with Crippen molar-refractivity contribution in [1.29, 1.82) is 0 Å². The fourth-order valence-corrected chi connectivity index (χ4v) is 1.36. The van der Waals surface area contributed by atoms with Gasteiger partial charge in [-0.05, 0) is 32.0 Å². The van der Waals surface area contributed by atoms with E-state index in [0.717, 1.165) is 0 Å². The molecule has 1 aromatic rings. The first-order valence-electron chi connectivity index (χ1n) is 5.38. The standard InChI is InChI=1S/C12H16ClNO3/c1-3-16-7-8(2)17-12(15)9-4-5-10(13)11(14)6-9/h4-6,8H,3,7,14H2,1-2H3. The highest BCUT2D eigenvalue weighted by Crippen LogP contribution is 2.20. The topological polar surface area (TPSA) is 61.5 Å². The van der Waals surface area contributed by atoms with Gasteiger partial charge in [-0.1, -0.05) is 11.6 Å². The minimum atomic E-state index is -0.430. The summed E-state index contributed by atoms with van der Waals surface area (Å²) in [5, 5.41) is 0.420. The van der Waals surface area contributed by atoms with Crippen LogP contribution in [0.25, 0.3) is 0 Å². The number of nitrogen functional groups attached to an aromatic ring is 1. The number of ether oxygens (including phenoxy) is 2. The number of nitrogens with two attached hydrogens (primary N) is 1. The van der Waals surface area contributed by atoms with Crippen molar-refractivity contribution in [2.45, 2.75) is 20.0 Å². The molecule has 0 amide bonds. The van der Waals surface area contributed by atoms with E-state index >= 15 is 0 Å². The number of hydrogen-bond acceptors (Lipinski definition) is 4. The molecule has 1 unspecified atom stereocenters. The van der Waals surface area contributed by atoms with Gasteiger partial charge in [-0.3, -0.25) is 0 Å². The Morgan fingerprint density at radius 1 is 1.53 bits per heavy atom. The molecule has 0 aromatic heterocycles. The van der Waals surface area contributed by atoms with Gasteiger partial charge in [0.15, 0.2) is 0 Å². The summed E-state index contributed by atoms with van der Waals surface area (Å²) in [7, 11) is 0. The van der Waals surface area contributed by atoms with Crippen molar-refractivity contribution >= 4 is 23.3 Å². The second-order valence-electron chi connectivity index (χ2n) is 3.61. The van der Waals surface area contributed by atoms with Gasteiger partial charge in [-0.15, -0.1) is 0 Å². The smallest absolute Gasteiger partial charge is 0.338 e. The summed E-state index contributed by atoms with van der Waals surface area (Å²) < 4.78 is 10.3. The lowest BCUT2D eigenvalue weighted by atomic mass is 10.2. The van der Waals surface area contributed by atoms with Crippen molar-refractivity contribution in [3.63, 3.8) is 0 Å². The molecule has 0 heterocycles. The first-order valence-corrected chi connectivity index (χ1v) is 5.76. The predicted molar refractivity (Wildman–Crippen MR) is 67.2 cm³/mol. The lowest BCUT2D eigenvalue weighted by Gasteiger charge is -2.13. The van der Waals surface area contributed by atoms with E-state index in [1.807, 2.05) is 6.92 Å². The number of carbonyl (C=O) groups is 1. The predicted octanol–water partition coefficient (Wildman–Crippen LogP) is 2.50. The van der Waals surface area contributed by atoms with Crippen LogP contribution in [0.2, 0.25) is 5.02 Å². The number of anilines is 1. The molecule has 0 aliphatic carbocycles. The maximum atomic E-state index is 11.7. The van der Waals surface area contributed by atoms with Crippen molar-refractivity contribution in [2.24, 2.45) is 0 Å². The molecule has 1 atom stereocenters. The average Bonchev–Trinajstić information content (AvgIpc) is 2.30. The zero-order valence-corrected chi connectivity index (χ0v) is 10.7. The summed E-state index contributed by atoms with van der Waals surface area (Å²) >= 11 is 5.76. The molecular formula is C12H16ClNO3. The molecular weight excluding hydrogens is 242 g/mol. The maximum Gasteiger partial charge on any atom is 0.338 e. The van der Waals surface area contributed by atoms with Crippen LogP contribution in [0.5, 0.6) is 0 Å². The molecule has 94 valence electrons. The summed E-state index contributed by atoms with van der Waals surface area (Å²) in [6.07, 6.45) is -0.292. The van der Waals surface area contributed by atoms with Crippen LogP contribution < -0.4 is 5.73 Å². The third-order valence-corrected chi connectivity index (χ3v) is 2.44. The van der Waals surface area contributed by atoms with Crippen LogP contribution in [0, 0.1) is 0 Å². The van der Waals surface area contributed by atoms with Crippen molar-refractivity contribution < 1.29 is 14.3 Å². The van der Waals surface area contributed by atoms with Crippen LogP contribution in [0.4, 0.5) is 5.69 Å². The van der Waals surface area contributed by atoms with Crippen LogP contribution in [-0.2, 0) is 9.47 Å². The molecule has 17 heavy (non-hydrogen) atoms. The summed E-state index contributed by atoms with van der Waals surface area (Å²) in [5.41, 5.74) is 6.35. The molecule has 2 N–H and O–H groups in total. The van der Waals surface area contributed by atoms with E-state index in [4.69, 9.17) is 26.8 Å². The van der Waals surface area contributed by atoms with Gasteiger partial charge in [0.1, 0.15) is 6.10 Å². The lowest BCUT2D eigenvalue weighted by molar-refractivity contribution is 0.00440. The van der Waals surface area contributed by atoms with Gasteiger partial charge in [0.2, 0.25) is 0 Å². The van der Waals surface area contributed by atoms with Gasteiger partial charge in [0.25, 0.3) is 0 Å². The van der Waals surface area contributed by atoms with Gasteiger partial charge in [0, 0.05) is 6.61 Å². The number of rotatable bonds is 5. The van der Waals surface area contributed by atoms with E-state index in [0.29, 0.717) is 29.5 Å². The Morgan fingerprint density at radius 2 is 2.24 bits per heavy atom. The fraction of sp³-hybridized carbons (Fsp3) is 0.417. The molecule has 0 aliphatic rings. The van der Waals surface area contributed by atoms with Gasteiger partial charge < -0.3 is 15.2 Å². The Labute approximate surface area is 106 Å². The Hall–Kier alpha value is -1.26. The van der Waals surface area contributed by atoms with Crippen LogP contribution in [-0.4, -0.2) is 25.3 Å². The van der Waals surface area contributed by atoms with E-state index in [1.165, 1.54) is 6.07 Å². The Balaban J connectivity index is 2.60. The molecule has 1 rings (SSSR count). The molecule has 0 radical (unpaired) electrons. The molecule has 0 saturated carbocycles. The molecule has 0 saturated heterocycles. The van der Waals surface area contributed by atoms with Crippen LogP contribution in [0.3, 0.4) is 0 Å². The van der Waals surface area contributed by atoms with Crippen molar-refractivity contribution in [1.82, 2.24) is 0 Å². The molecule has 5 heteroatoms. The van der Waals surface area contributed by atoms with Crippen LogP contribution in [0.1, 0.15) is 24.2 Å². The van der Waals surface area contributed by atoms with E-state index in [2.05, 4.69) is 0 Å². The Bertz CT molecular complexity index is 395. The number of hydrogen-bond donors (Lipinski definition) is 1. The molecule has 0 bridgehead atoms. The van der Waals surface area contributed by atoms with Gasteiger partial charge in [-0.2, -0.15) is 0 Å². The third-order valence-electron chi connectivity index (χ3n) is 2.10. The minimum absolute atomic E-state index is 0.292. The minimum Gasteiger partial charge on any atom is -0.457 e. The number of carbonyl (C=O) groups excluding carboxylic acids is 1. The first kappa shape index (κ1) is 13.8. The number of esters is 1. The lowest BCUT2D eigenvalue weighted by Crippen LogP contribution is -2.20. The molecule has 0 spiro atoms. The number of halogens is 1. The summed E-state index contributed by atoms with van der Waals surface area (Å²) in [6, 6.07) is 4.65. The molecule has 0 aliphatic heterocycles. The van der Waals surface area contributed by atoms with E-state index < -0.39 is 5.97 Å². The van der Waals surface area contributed by atoms with Crippen LogP contribution in [0.15, 0.2) is 18.2 Å². The molecule has 0 fully saturated rings. The first-order chi connectivity index (χ1) is 8.04. The normalized spacial score (nSPS) is 12.2. The fourth-order valence-electron chi connectivity index (χ4n) is 1.24. The zero-order chi connectivity index (χ0) is 12.8. The average molecular weight is 258 g/mol. The largest absolute Gasteiger partial charge is 0.457 e. The van der Waals surface area contributed by atoms with Crippen molar-refractivity contribution in [3.8, 4) is 0 Å². The highest BCUT2D eigenvalue weighted by atomic mass is 35.5. The second kappa shape index (κ2) is 6.47. The number of benzene rings is 1. The van der Waals surface area contributed by atoms with Gasteiger partial charge >= 0.3 is 5.97 Å². The summed E-state index contributed by atoms with van der Waals surface area (Å²) in [6.45, 7) is 4.63. The van der Waals surface area contributed by atoms with E-state index in [1.54, 1.807) is 19.1 Å². The van der Waals surface area contributed by atoms with E-state index in [9.17, 15) is 4.79 Å². The zero-order valence-electron chi connectivity index (χ0n) is 9.90. The highest BCUT2D eigenvalue weighted by Gasteiger charge is 2.13. The van der Waals surface area contributed by atoms with Gasteiger partial charge in [-0.25, -0.2) is 4.79 Å². The molecule has 1 aromatic carbocycles. The summed E-state index contributed by atoms with van der Waals surface area (Å²) in [5.74, 6) is -0.430. The summed E-state index contributed by atoms with van der Waals surface area (Å²) in [4.78, 5) is 11.7. The molecule has 4 nitrogen and oxygen atoms in total. The Morgan fingerprint density at radius 3 is 2.82 bits per heavy atom. The Kier molecular flexibility index (Phi) is 5.25. The van der Waals surface area contributed by atoms with Gasteiger partial charge in [0.05, 0.1) is 22.9 Å². The van der Waals surface area contributed by atoms with Crippen LogP contribution >= 0.6 is 11.6 Å². The maximum absolute atomic E-state index is 11.7. The quantitative estimate of drug-likeness (QED) is 0.650. The monoisotopic (exact) mass is 257 g/mol. The SMILES string of the molecule is CCOCC(C)OC(=O)c1ccc(Cl)c(N)c1. The third kappa shape index (κ3) is 4.24.